The van der Waals surface area contributed by atoms with E-state index in [1.54, 1.807) is 7.11 Å². The Morgan fingerprint density at radius 3 is 3.00 bits per heavy atom. The van der Waals surface area contributed by atoms with Gasteiger partial charge in [0.2, 0.25) is 5.91 Å². The maximum atomic E-state index is 12.0. The summed E-state index contributed by atoms with van der Waals surface area (Å²) in [6, 6.07) is -0.314. The van der Waals surface area contributed by atoms with E-state index in [9.17, 15) is 4.79 Å². The molecule has 16 heavy (non-hydrogen) atoms. The van der Waals surface area contributed by atoms with Crippen molar-refractivity contribution in [3.8, 4) is 0 Å². The molecule has 0 aromatic rings. The molecule has 0 radical (unpaired) electrons. The zero-order chi connectivity index (χ0) is 12.0. The molecule has 2 atom stereocenters. The molecule has 4 heteroatoms. The van der Waals surface area contributed by atoms with Gasteiger partial charge in [0, 0.05) is 20.2 Å². The molecule has 0 aliphatic carbocycles. The van der Waals surface area contributed by atoms with Gasteiger partial charge in [0.1, 0.15) is 0 Å². The standard InChI is InChI=1S/C12H24N2O2/c1-3-5-11(13)12(15)14-7-4-6-10(8-14)9-16-2/h10-11H,3-9,13H2,1-2H3/t10?,11-/m0/s1. The maximum Gasteiger partial charge on any atom is 0.239 e. The number of carbonyl (C=O) groups excluding carboxylic acids is 1. The van der Waals surface area contributed by atoms with Crippen molar-refractivity contribution in [3.63, 3.8) is 0 Å². The topological polar surface area (TPSA) is 55.6 Å². The van der Waals surface area contributed by atoms with Gasteiger partial charge < -0.3 is 15.4 Å². The summed E-state index contributed by atoms with van der Waals surface area (Å²) in [6.45, 7) is 4.46. The Bertz CT molecular complexity index is 219. The Morgan fingerprint density at radius 2 is 2.38 bits per heavy atom. The highest BCUT2D eigenvalue weighted by molar-refractivity contribution is 5.81. The summed E-state index contributed by atoms with van der Waals surface area (Å²) in [5.41, 5.74) is 5.86. The molecular weight excluding hydrogens is 204 g/mol. The van der Waals surface area contributed by atoms with E-state index in [0.717, 1.165) is 45.4 Å². The number of amides is 1. The van der Waals surface area contributed by atoms with Gasteiger partial charge in [-0.1, -0.05) is 13.3 Å². The van der Waals surface area contributed by atoms with Gasteiger partial charge >= 0.3 is 0 Å². The van der Waals surface area contributed by atoms with E-state index >= 15 is 0 Å². The molecule has 1 aliphatic heterocycles. The molecule has 0 bridgehead atoms. The highest BCUT2D eigenvalue weighted by Gasteiger charge is 2.26. The van der Waals surface area contributed by atoms with Crippen LogP contribution in [0.5, 0.6) is 0 Å². The Balaban J connectivity index is 2.43. The zero-order valence-corrected chi connectivity index (χ0v) is 10.4. The highest BCUT2D eigenvalue weighted by atomic mass is 16.5. The van der Waals surface area contributed by atoms with Gasteiger partial charge in [-0.2, -0.15) is 0 Å². The lowest BCUT2D eigenvalue weighted by atomic mass is 9.98. The second-order valence-electron chi connectivity index (χ2n) is 4.64. The first kappa shape index (κ1) is 13.5. The summed E-state index contributed by atoms with van der Waals surface area (Å²) >= 11 is 0. The second-order valence-corrected chi connectivity index (χ2v) is 4.64. The van der Waals surface area contributed by atoms with Crippen LogP contribution in [0.15, 0.2) is 0 Å². The molecule has 1 rings (SSSR count). The van der Waals surface area contributed by atoms with E-state index in [2.05, 4.69) is 6.92 Å². The van der Waals surface area contributed by atoms with Crippen molar-refractivity contribution in [1.82, 2.24) is 4.90 Å². The van der Waals surface area contributed by atoms with Gasteiger partial charge in [-0.25, -0.2) is 0 Å². The van der Waals surface area contributed by atoms with Gasteiger partial charge in [0.05, 0.1) is 12.6 Å². The predicted molar refractivity (Wildman–Crippen MR) is 64.1 cm³/mol. The van der Waals surface area contributed by atoms with Crippen molar-refractivity contribution in [3.05, 3.63) is 0 Å². The van der Waals surface area contributed by atoms with E-state index in [1.165, 1.54) is 0 Å². The van der Waals surface area contributed by atoms with Crippen LogP contribution in [0.3, 0.4) is 0 Å². The fourth-order valence-electron chi connectivity index (χ4n) is 2.31. The van der Waals surface area contributed by atoms with Crippen molar-refractivity contribution in [2.45, 2.75) is 38.6 Å². The third kappa shape index (κ3) is 3.76. The minimum atomic E-state index is -0.314. The Kier molecular flexibility index (Phi) is 5.77. The lowest BCUT2D eigenvalue weighted by Crippen LogP contribution is -2.48. The summed E-state index contributed by atoms with van der Waals surface area (Å²) in [5.74, 6) is 0.596. The summed E-state index contributed by atoms with van der Waals surface area (Å²) in [7, 11) is 1.71. The molecule has 4 nitrogen and oxygen atoms in total. The van der Waals surface area contributed by atoms with Crippen LogP contribution in [0, 0.1) is 5.92 Å². The number of nitrogens with zero attached hydrogens (tertiary/aromatic N) is 1. The summed E-state index contributed by atoms with van der Waals surface area (Å²) < 4.78 is 5.15. The largest absolute Gasteiger partial charge is 0.384 e. The first-order chi connectivity index (χ1) is 7.69. The van der Waals surface area contributed by atoms with E-state index < -0.39 is 0 Å². The minimum Gasteiger partial charge on any atom is -0.384 e. The fraction of sp³-hybridized carbons (Fsp3) is 0.917. The SMILES string of the molecule is CCC[C@H](N)C(=O)N1CCCC(COC)C1. The van der Waals surface area contributed by atoms with Crippen LogP contribution in [0.2, 0.25) is 0 Å². The Hall–Kier alpha value is -0.610. The van der Waals surface area contributed by atoms with E-state index in [0.29, 0.717) is 5.92 Å². The van der Waals surface area contributed by atoms with Crippen LogP contribution in [-0.2, 0) is 9.53 Å². The van der Waals surface area contributed by atoms with Crippen LogP contribution >= 0.6 is 0 Å². The van der Waals surface area contributed by atoms with Gasteiger partial charge in [-0.15, -0.1) is 0 Å². The maximum absolute atomic E-state index is 12.0. The number of likely N-dealkylation sites (tertiary alicyclic amines) is 1. The molecule has 0 spiro atoms. The van der Waals surface area contributed by atoms with E-state index in [4.69, 9.17) is 10.5 Å². The van der Waals surface area contributed by atoms with Gasteiger partial charge in [0.15, 0.2) is 0 Å². The number of piperidine rings is 1. The molecule has 0 saturated carbocycles. The van der Waals surface area contributed by atoms with Gasteiger partial charge in [-0.05, 0) is 25.2 Å². The molecule has 0 aromatic carbocycles. The minimum absolute atomic E-state index is 0.114. The summed E-state index contributed by atoms with van der Waals surface area (Å²) in [5, 5.41) is 0. The van der Waals surface area contributed by atoms with Crippen molar-refractivity contribution >= 4 is 5.91 Å². The van der Waals surface area contributed by atoms with Crippen LogP contribution in [0.25, 0.3) is 0 Å². The third-order valence-corrected chi connectivity index (χ3v) is 3.15. The van der Waals surface area contributed by atoms with Crippen molar-refractivity contribution < 1.29 is 9.53 Å². The van der Waals surface area contributed by atoms with Crippen LogP contribution < -0.4 is 5.73 Å². The molecule has 0 aromatic heterocycles. The normalized spacial score (nSPS) is 23.2. The van der Waals surface area contributed by atoms with Crippen LogP contribution in [-0.4, -0.2) is 43.7 Å². The van der Waals surface area contributed by atoms with Crippen molar-refractivity contribution in [2.75, 3.05) is 26.8 Å². The third-order valence-electron chi connectivity index (χ3n) is 3.15. The average Bonchev–Trinajstić information content (AvgIpc) is 2.29. The number of carbonyl (C=O) groups is 1. The van der Waals surface area contributed by atoms with Crippen LogP contribution in [0.4, 0.5) is 0 Å². The number of ether oxygens (including phenoxy) is 1. The first-order valence-electron chi connectivity index (χ1n) is 6.22. The molecule has 1 aliphatic rings. The number of hydrogen-bond donors (Lipinski definition) is 1. The molecule has 1 saturated heterocycles. The zero-order valence-electron chi connectivity index (χ0n) is 10.4. The Labute approximate surface area is 98.1 Å². The number of nitrogens with two attached hydrogens (primary N) is 1. The number of rotatable bonds is 5. The summed E-state index contributed by atoms with van der Waals surface area (Å²) in [4.78, 5) is 13.9. The lowest BCUT2D eigenvalue weighted by molar-refractivity contribution is -0.135. The monoisotopic (exact) mass is 228 g/mol. The molecule has 94 valence electrons. The van der Waals surface area contributed by atoms with Crippen molar-refractivity contribution in [1.29, 1.82) is 0 Å². The fourth-order valence-corrected chi connectivity index (χ4v) is 2.31. The smallest absolute Gasteiger partial charge is 0.239 e. The average molecular weight is 228 g/mol. The second kappa shape index (κ2) is 6.86. The first-order valence-corrected chi connectivity index (χ1v) is 6.22. The molecular formula is C12H24N2O2. The van der Waals surface area contributed by atoms with Gasteiger partial charge in [-0.3, -0.25) is 4.79 Å². The number of hydrogen-bond acceptors (Lipinski definition) is 3. The molecule has 2 N–H and O–H groups in total. The molecule has 1 heterocycles. The Morgan fingerprint density at radius 1 is 1.62 bits per heavy atom. The number of methoxy groups -OCH3 is 1. The molecule has 1 fully saturated rings. The highest BCUT2D eigenvalue weighted by Crippen LogP contribution is 2.17. The van der Waals surface area contributed by atoms with Crippen molar-refractivity contribution in [2.24, 2.45) is 11.7 Å². The predicted octanol–water partition coefficient (Wildman–Crippen LogP) is 0.999. The molecule has 1 amide bonds. The van der Waals surface area contributed by atoms with Gasteiger partial charge in [0.25, 0.3) is 0 Å². The quantitative estimate of drug-likeness (QED) is 0.763. The van der Waals surface area contributed by atoms with E-state index in [1.807, 2.05) is 4.90 Å². The molecule has 1 unspecified atom stereocenters. The summed E-state index contributed by atoms with van der Waals surface area (Å²) in [6.07, 6.45) is 3.96. The van der Waals surface area contributed by atoms with E-state index in [-0.39, 0.29) is 11.9 Å². The lowest BCUT2D eigenvalue weighted by Gasteiger charge is -2.34. The van der Waals surface area contributed by atoms with Crippen LogP contribution in [0.1, 0.15) is 32.6 Å².